The zero-order chi connectivity index (χ0) is 16.8. The normalized spacial score (nSPS) is 12.0. The lowest BCUT2D eigenvalue weighted by Crippen LogP contribution is -2.25. The summed E-state index contributed by atoms with van der Waals surface area (Å²) in [6, 6.07) is 10.6. The summed E-state index contributed by atoms with van der Waals surface area (Å²) in [7, 11) is 0. The van der Waals surface area contributed by atoms with E-state index in [9.17, 15) is 9.59 Å². The van der Waals surface area contributed by atoms with Crippen molar-refractivity contribution in [1.29, 1.82) is 0 Å². The molecule has 0 bridgehead atoms. The second-order valence-electron chi connectivity index (χ2n) is 5.77. The van der Waals surface area contributed by atoms with Crippen LogP contribution in [0.15, 0.2) is 48.8 Å². The smallest absolute Gasteiger partial charge is 0.307 e. The van der Waals surface area contributed by atoms with Crippen LogP contribution in [0.4, 0.5) is 5.69 Å². The van der Waals surface area contributed by atoms with E-state index in [1.807, 2.05) is 26.0 Å². The number of carboxylic acids is 1. The van der Waals surface area contributed by atoms with E-state index in [0.29, 0.717) is 11.3 Å². The first-order valence-corrected chi connectivity index (χ1v) is 7.49. The predicted octanol–water partition coefficient (Wildman–Crippen LogP) is 3.09. The lowest BCUT2D eigenvalue weighted by atomic mass is 9.88. The number of nitrogens with one attached hydrogen (secondary N) is 1. The van der Waals surface area contributed by atoms with Crippen LogP contribution in [0, 0.1) is 5.92 Å². The third-order valence-corrected chi connectivity index (χ3v) is 3.54. The molecule has 2 rings (SSSR count). The summed E-state index contributed by atoms with van der Waals surface area (Å²) in [6.07, 6.45) is 3.30. The van der Waals surface area contributed by atoms with Crippen LogP contribution in [-0.4, -0.2) is 22.0 Å². The second-order valence-corrected chi connectivity index (χ2v) is 5.77. The largest absolute Gasteiger partial charge is 0.481 e. The first kappa shape index (κ1) is 16.7. The lowest BCUT2D eigenvalue weighted by Gasteiger charge is -2.20. The van der Waals surface area contributed by atoms with Gasteiger partial charge in [-0.1, -0.05) is 32.0 Å². The molecule has 0 aliphatic carbocycles. The van der Waals surface area contributed by atoms with E-state index in [-0.39, 0.29) is 24.2 Å². The van der Waals surface area contributed by atoms with Crippen molar-refractivity contribution in [3.8, 4) is 0 Å². The Morgan fingerprint density at radius 2 is 2.00 bits per heavy atom. The molecule has 0 aliphatic heterocycles. The van der Waals surface area contributed by atoms with Crippen molar-refractivity contribution in [3.63, 3.8) is 0 Å². The molecule has 0 saturated heterocycles. The standard InChI is InChI=1S/C18H20N2O3/c1-12(2)17(14-6-4-8-19-11-14)18(23)20-15-7-3-5-13(9-15)10-16(21)22/h3-9,11-12,17H,10H2,1-2H3,(H,20,23)(H,21,22). The van der Waals surface area contributed by atoms with Crippen LogP contribution in [0.2, 0.25) is 0 Å². The van der Waals surface area contributed by atoms with Crippen molar-refractivity contribution in [2.75, 3.05) is 5.32 Å². The Labute approximate surface area is 135 Å². The number of rotatable bonds is 6. The van der Waals surface area contributed by atoms with Crippen molar-refractivity contribution in [2.45, 2.75) is 26.2 Å². The van der Waals surface area contributed by atoms with Gasteiger partial charge in [0.2, 0.25) is 5.91 Å². The fourth-order valence-electron chi connectivity index (χ4n) is 2.55. The van der Waals surface area contributed by atoms with Gasteiger partial charge in [-0.2, -0.15) is 0 Å². The third kappa shape index (κ3) is 4.64. The first-order valence-electron chi connectivity index (χ1n) is 7.49. The minimum atomic E-state index is -0.899. The summed E-state index contributed by atoms with van der Waals surface area (Å²) >= 11 is 0. The van der Waals surface area contributed by atoms with Crippen LogP contribution in [0.3, 0.4) is 0 Å². The van der Waals surface area contributed by atoms with E-state index in [4.69, 9.17) is 5.11 Å². The number of pyridine rings is 1. The van der Waals surface area contributed by atoms with Gasteiger partial charge in [-0.25, -0.2) is 0 Å². The first-order chi connectivity index (χ1) is 11.0. The molecule has 1 aromatic carbocycles. The summed E-state index contributed by atoms with van der Waals surface area (Å²) in [5.74, 6) is -1.22. The highest BCUT2D eigenvalue weighted by Crippen LogP contribution is 2.25. The monoisotopic (exact) mass is 312 g/mol. The molecule has 1 unspecified atom stereocenters. The van der Waals surface area contributed by atoms with Crippen LogP contribution in [0.5, 0.6) is 0 Å². The highest BCUT2D eigenvalue weighted by Gasteiger charge is 2.24. The van der Waals surface area contributed by atoms with Gasteiger partial charge in [0.1, 0.15) is 0 Å². The Hall–Kier alpha value is -2.69. The van der Waals surface area contributed by atoms with Gasteiger partial charge < -0.3 is 10.4 Å². The van der Waals surface area contributed by atoms with E-state index in [2.05, 4.69) is 10.3 Å². The van der Waals surface area contributed by atoms with Crippen LogP contribution in [0.1, 0.15) is 30.9 Å². The zero-order valence-corrected chi connectivity index (χ0v) is 13.2. The zero-order valence-electron chi connectivity index (χ0n) is 13.2. The fraction of sp³-hybridized carbons (Fsp3) is 0.278. The molecule has 2 N–H and O–H groups in total. The van der Waals surface area contributed by atoms with E-state index in [1.165, 1.54) is 0 Å². The van der Waals surface area contributed by atoms with Gasteiger partial charge in [-0.05, 0) is 35.2 Å². The Kier molecular flexibility index (Phi) is 5.46. The number of anilines is 1. The van der Waals surface area contributed by atoms with E-state index in [0.717, 1.165) is 5.56 Å². The molecule has 1 atom stereocenters. The SMILES string of the molecule is CC(C)C(C(=O)Nc1cccc(CC(=O)O)c1)c1cccnc1. The minimum absolute atomic E-state index is 0.0695. The Morgan fingerprint density at radius 1 is 1.22 bits per heavy atom. The van der Waals surface area contributed by atoms with Crippen LogP contribution in [0.25, 0.3) is 0 Å². The average molecular weight is 312 g/mol. The van der Waals surface area contributed by atoms with E-state index >= 15 is 0 Å². The molecule has 0 radical (unpaired) electrons. The van der Waals surface area contributed by atoms with Gasteiger partial charge in [0.25, 0.3) is 0 Å². The molecule has 0 saturated carbocycles. The van der Waals surface area contributed by atoms with Gasteiger partial charge in [-0.15, -0.1) is 0 Å². The lowest BCUT2D eigenvalue weighted by molar-refractivity contribution is -0.136. The minimum Gasteiger partial charge on any atom is -0.481 e. The Balaban J connectivity index is 2.18. The topological polar surface area (TPSA) is 79.3 Å². The number of carbonyl (C=O) groups excluding carboxylic acids is 1. The maximum absolute atomic E-state index is 12.6. The second kappa shape index (κ2) is 7.54. The summed E-state index contributed by atoms with van der Waals surface area (Å²) < 4.78 is 0. The van der Waals surface area contributed by atoms with E-state index < -0.39 is 5.97 Å². The number of hydrogen-bond donors (Lipinski definition) is 2. The summed E-state index contributed by atoms with van der Waals surface area (Å²) in [5, 5.41) is 11.7. The van der Waals surface area contributed by atoms with Crippen molar-refractivity contribution in [3.05, 3.63) is 59.9 Å². The highest BCUT2D eigenvalue weighted by molar-refractivity contribution is 5.96. The molecule has 1 amide bonds. The molecule has 5 heteroatoms. The third-order valence-electron chi connectivity index (χ3n) is 3.54. The molecule has 0 fully saturated rings. The van der Waals surface area contributed by atoms with Crippen molar-refractivity contribution in [2.24, 2.45) is 5.92 Å². The maximum atomic E-state index is 12.6. The van der Waals surface area contributed by atoms with Gasteiger partial charge in [0.05, 0.1) is 12.3 Å². The molecule has 0 spiro atoms. The fourth-order valence-corrected chi connectivity index (χ4v) is 2.55. The number of aromatic nitrogens is 1. The molecule has 1 aromatic heterocycles. The molecular formula is C18H20N2O3. The van der Waals surface area contributed by atoms with Gasteiger partial charge >= 0.3 is 5.97 Å². The van der Waals surface area contributed by atoms with Gasteiger partial charge in [-0.3, -0.25) is 14.6 Å². The summed E-state index contributed by atoms with van der Waals surface area (Å²) in [4.78, 5) is 27.5. The molecule has 23 heavy (non-hydrogen) atoms. The quantitative estimate of drug-likeness (QED) is 0.859. The number of nitrogens with zero attached hydrogens (tertiary/aromatic N) is 1. The molecule has 5 nitrogen and oxygen atoms in total. The highest BCUT2D eigenvalue weighted by atomic mass is 16.4. The van der Waals surface area contributed by atoms with Crippen molar-refractivity contribution < 1.29 is 14.7 Å². The number of carbonyl (C=O) groups is 2. The number of benzene rings is 1. The number of amides is 1. The van der Waals surface area contributed by atoms with Crippen molar-refractivity contribution >= 4 is 17.6 Å². The van der Waals surface area contributed by atoms with E-state index in [1.54, 1.807) is 36.7 Å². The van der Waals surface area contributed by atoms with Gasteiger partial charge in [0.15, 0.2) is 0 Å². The molecular weight excluding hydrogens is 292 g/mol. The Morgan fingerprint density at radius 3 is 2.61 bits per heavy atom. The molecule has 1 heterocycles. The van der Waals surface area contributed by atoms with Crippen LogP contribution < -0.4 is 5.32 Å². The number of carboxylic acid groups (broad SMARTS) is 1. The average Bonchev–Trinajstić information content (AvgIpc) is 2.47. The van der Waals surface area contributed by atoms with Gasteiger partial charge in [0, 0.05) is 18.1 Å². The van der Waals surface area contributed by atoms with Crippen molar-refractivity contribution in [1.82, 2.24) is 4.98 Å². The summed E-state index contributed by atoms with van der Waals surface area (Å²) in [5.41, 5.74) is 2.11. The predicted molar refractivity (Wildman–Crippen MR) is 88.2 cm³/mol. The molecule has 120 valence electrons. The maximum Gasteiger partial charge on any atom is 0.307 e. The Bertz CT molecular complexity index is 684. The number of aliphatic carboxylic acids is 1. The number of hydrogen-bond acceptors (Lipinski definition) is 3. The van der Waals surface area contributed by atoms with Crippen LogP contribution >= 0.6 is 0 Å². The van der Waals surface area contributed by atoms with Crippen LogP contribution in [-0.2, 0) is 16.0 Å². The molecule has 0 aliphatic rings. The molecule has 2 aromatic rings. The summed E-state index contributed by atoms with van der Waals surface area (Å²) in [6.45, 7) is 3.97.